The van der Waals surface area contributed by atoms with Crippen molar-refractivity contribution in [2.24, 2.45) is 0 Å². The lowest BCUT2D eigenvalue weighted by Gasteiger charge is -2.18. The average molecular weight is 475 g/mol. The molecule has 0 spiro atoms. The van der Waals surface area contributed by atoms with Gasteiger partial charge in [0.1, 0.15) is 23.9 Å². The fourth-order valence-corrected chi connectivity index (χ4v) is 3.81. The number of hydrogen-bond acceptors (Lipinski definition) is 7. The van der Waals surface area contributed by atoms with E-state index in [0.717, 1.165) is 16.9 Å². The van der Waals surface area contributed by atoms with Crippen LogP contribution in [0.3, 0.4) is 0 Å². The molecule has 0 aromatic heterocycles. The van der Waals surface area contributed by atoms with Gasteiger partial charge in [0.05, 0.1) is 26.9 Å². The monoisotopic (exact) mass is 474 g/mol. The van der Waals surface area contributed by atoms with Gasteiger partial charge in [-0.25, -0.2) is 0 Å². The fraction of sp³-hybridized carbons (Fsp3) is 0.143. The largest absolute Gasteiger partial charge is 0.508 e. The summed E-state index contributed by atoms with van der Waals surface area (Å²) in [5.74, 6) is 1.59. The molecular weight excluding hydrogens is 448 g/mol. The number of hydrogen-bond donors (Lipinski definition) is 3. The van der Waals surface area contributed by atoms with Crippen LogP contribution < -0.4 is 18.9 Å². The van der Waals surface area contributed by atoms with Crippen LogP contribution in [0.15, 0.2) is 72.8 Å². The van der Waals surface area contributed by atoms with Crippen molar-refractivity contribution in [3.8, 4) is 62.5 Å². The zero-order valence-electron chi connectivity index (χ0n) is 19.6. The van der Waals surface area contributed by atoms with Crippen LogP contribution in [0.25, 0.3) is 22.3 Å². The van der Waals surface area contributed by atoms with Gasteiger partial charge in [0.15, 0.2) is 23.0 Å². The predicted molar refractivity (Wildman–Crippen MR) is 133 cm³/mol. The second-order valence-corrected chi connectivity index (χ2v) is 7.75. The molecule has 4 rings (SSSR count). The average Bonchev–Trinajstić information content (AvgIpc) is 2.88. The van der Waals surface area contributed by atoms with Crippen LogP contribution in [-0.4, -0.2) is 36.6 Å². The van der Waals surface area contributed by atoms with Gasteiger partial charge >= 0.3 is 0 Å². The second kappa shape index (κ2) is 10.2. The van der Waals surface area contributed by atoms with Crippen molar-refractivity contribution in [1.29, 1.82) is 0 Å². The molecular formula is C28H26O7. The summed E-state index contributed by atoms with van der Waals surface area (Å²) in [5, 5.41) is 31.4. The molecule has 4 aromatic rings. The van der Waals surface area contributed by atoms with Gasteiger partial charge in [-0.3, -0.25) is 0 Å². The second-order valence-electron chi connectivity index (χ2n) is 7.75. The Kier molecular flexibility index (Phi) is 6.87. The Morgan fingerprint density at radius 3 is 1.94 bits per heavy atom. The standard InChI is InChI=1S/C28H26O7/c1-32-21-11-4-17(5-12-21)16-35-24-13-8-19(14-23(24)30)26-25(33-2)15-22(28(34-3)27(26)31)18-6-9-20(29)10-7-18/h4-15,29-31H,16H2,1-3H3. The molecule has 3 N–H and O–H groups in total. The molecule has 0 aliphatic rings. The van der Waals surface area contributed by atoms with E-state index in [0.29, 0.717) is 28.2 Å². The lowest BCUT2D eigenvalue weighted by atomic mass is 9.96. The van der Waals surface area contributed by atoms with Crippen molar-refractivity contribution in [3.05, 3.63) is 78.4 Å². The zero-order valence-corrected chi connectivity index (χ0v) is 19.6. The highest BCUT2D eigenvalue weighted by Crippen LogP contribution is 2.50. The minimum absolute atomic E-state index is 0.0842. The number of aromatic hydroxyl groups is 3. The van der Waals surface area contributed by atoms with Gasteiger partial charge in [-0.05, 0) is 59.2 Å². The molecule has 0 fully saturated rings. The molecule has 0 heterocycles. The maximum atomic E-state index is 11.1. The summed E-state index contributed by atoms with van der Waals surface area (Å²) in [7, 11) is 4.56. The smallest absolute Gasteiger partial charge is 0.170 e. The van der Waals surface area contributed by atoms with Crippen LogP contribution in [0, 0.1) is 0 Å². The number of phenolic OH excluding ortho intramolecular Hbond substituents is 3. The molecule has 35 heavy (non-hydrogen) atoms. The van der Waals surface area contributed by atoms with Gasteiger partial charge in [-0.15, -0.1) is 0 Å². The molecule has 180 valence electrons. The summed E-state index contributed by atoms with van der Waals surface area (Å²) < 4.78 is 22.0. The van der Waals surface area contributed by atoms with Crippen molar-refractivity contribution in [3.63, 3.8) is 0 Å². The van der Waals surface area contributed by atoms with E-state index in [-0.39, 0.29) is 29.6 Å². The minimum Gasteiger partial charge on any atom is -0.508 e. The Morgan fingerprint density at radius 2 is 1.34 bits per heavy atom. The molecule has 0 aliphatic carbocycles. The van der Waals surface area contributed by atoms with E-state index in [1.54, 1.807) is 49.6 Å². The summed E-state index contributed by atoms with van der Waals surface area (Å²) in [6, 6.07) is 20.6. The predicted octanol–water partition coefficient (Wildman–Crippen LogP) is 5.74. The van der Waals surface area contributed by atoms with E-state index in [1.165, 1.54) is 20.3 Å². The summed E-state index contributed by atoms with van der Waals surface area (Å²) in [6.07, 6.45) is 0. The molecule has 0 atom stereocenters. The SMILES string of the molecule is COc1ccc(COc2ccc(-c3c(OC)cc(-c4ccc(O)cc4)c(OC)c3O)cc2O)cc1. The van der Waals surface area contributed by atoms with E-state index in [4.69, 9.17) is 18.9 Å². The molecule has 7 nitrogen and oxygen atoms in total. The number of phenols is 3. The first-order valence-electron chi connectivity index (χ1n) is 10.8. The van der Waals surface area contributed by atoms with Crippen molar-refractivity contribution in [2.45, 2.75) is 6.61 Å². The zero-order chi connectivity index (χ0) is 24.9. The summed E-state index contributed by atoms with van der Waals surface area (Å²) >= 11 is 0. The van der Waals surface area contributed by atoms with Gasteiger partial charge in [0, 0.05) is 5.56 Å². The van der Waals surface area contributed by atoms with Gasteiger partial charge in [-0.1, -0.05) is 30.3 Å². The maximum absolute atomic E-state index is 11.1. The molecule has 4 aromatic carbocycles. The van der Waals surface area contributed by atoms with Crippen LogP contribution in [0.2, 0.25) is 0 Å². The normalized spacial score (nSPS) is 10.6. The van der Waals surface area contributed by atoms with Crippen LogP contribution in [0.4, 0.5) is 0 Å². The first kappa shape index (κ1) is 23.6. The first-order valence-corrected chi connectivity index (χ1v) is 10.8. The molecule has 0 amide bonds. The third-order valence-corrected chi connectivity index (χ3v) is 5.62. The number of ether oxygens (including phenoxy) is 4. The third-order valence-electron chi connectivity index (χ3n) is 5.62. The molecule has 0 radical (unpaired) electrons. The quantitative estimate of drug-likeness (QED) is 0.299. The lowest BCUT2D eigenvalue weighted by Crippen LogP contribution is -1.97. The van der Waals surface area contributed by atoms with Gasteiger partial charge in [0.2, 0.25) is 0 Å². The Bertz CT molecular complexity index is 1310. The van der Waals surface area contributed by atoms with E-state index in [2.05, 4.69) is 0 Å². The Morgan fingerprint density at radius 1 is 0.657 bits per heavy atom. The third kappa shape index (κ3) is 4.89. The van der Waals surface area contributed by atoms with Crippen LogP contribution >= 0.6 is 0 Å². The summed E-state index contributed by atoms with van der Waals surface area (Å²) in [5.41, 5.74) is 3.12. The van der Waals surface area contributed by atoms with E-state index in [1.807, 2.05) is 24.3 Å². The van der Waals surface area contributed by atoms with Crippen LogP contribution in [0.1, 0.15) is 5.56 Å². The van der Waals surface area contributed by atoms with Crippen molar-refractivity contribution in [1.82, 2.24) is 0 Å². The first-order chi connectivity index (χ1) is 16.9. The fourth-order valence-electron chi connectivity index (χ4n) is 3.81. The highest BCUT2D eigenvalue weighted by molar-refractivity contribution is 5.88. The highest BCUT2D eigenvalue weighted by atomic mass is 16.5. The molecule has 0 aliphatic heterocycles. The summed E-state index contributed by atoms with van der Waals surface area (Å²) in [4.78, 5) is 0. The van der Waals surface area contributed by atoms with Crippen molar-refractivity contribution in [2.75, 3.05) is 21.3 Å². The van der Waals surface area contributed by atoms with Crippen molar-refractivity contribution >= 4 is 0 Å². The number of rotatable bonds is 8. The molecule has 0 saturated heterocycles. The number of benzene rings is 4. The van der Waals surface area contributed by atoms with E-state index >= 15 is 0 Å². The molecule has 0 bridgehead atoms. The van der Waals surface area contributed by atoms with Crippen molar-refractivity contribution < 1.29 is 34.3 Å². The van der Waals surface area contributed by atoms with E-state index < -0.39 is 0 Å². The number of methoxy groups -OCH3 is 3. The molecule has 7 heteroatoms. The maximum Gasteiger partial charge on any atom is 0.170 e. The molecule has 0 saturated carbocycles. The minimum atomic E-state index is -0.138. The van der Waals surface area contributed by atoms with Gasteiger partial charge in [0.25, 0.3) is 0 Å². The Labute approximate surface area is 203 Å². The van der Waals surface area contributed by atoms with Gasteiger partial charge < -0.3 is 34.3 Å². The van der Waals surface area contributed by atoms with Gasteiger partial charge in [-0.2, -0.15) is 0 Å². The lowest BCUT2D eigenvalue weighted by molar-refractivity contribution is 0.289. The molecule has 0 unspecified atom stereocenters. The Balaban J connectivity index is 1.67. The Hall–Kier alpha value is -4.52. The summed E-state index contributed by atoms with van der Waals surface area (Å²) in [6.45, 7) is 0.265. The topological polar surface area (TPSA) is 97.6 Å². The van der Waals surface area contributed by atoms with Crippen LogP contribution in [-0.2, 0) is 6.61 Å². The van der Waals surface area contributed by atoms with E-state index in [9.17, 15) is 15.3 Å². The van der Waals surface area contributed by atoms with Crippen LogP contribution in [0.5, 0.6) is 40.2 Å². The highest BCUT2D eigenvalue weighted by Gasteiger charge is 2.22.